The van der Waals surface area contributed by atoms with Crippen molar-refractivity contribution in [3.8, 4) is 0 Å². The van der Waals surface area contributed by atoms with Crippen molar-refractivity contribution in [2.24, 2.45) is 5.92 Å². The molecule has 1 aromatic heterocycles. The van der Waals surface area contributed by atoms with E-state index in [1.807, 2.05) is 5.32 Å². The molecule has 1 saturated heterocycles. The number of alkyl halides is 4. The molecule has 2 heterocycles. The molecule has 0 spiro atoms. The predicted molar refractivity (Wildman–Crippen MR) is 137 cm³/mol. The Bertz CT molecular complexity index is 1070. The molecule has 1 saturated carbocycles. The van der Waals surface area contributed by atoms with E-state index in [-0.39, 0.29) is 31.2 Å². The molecule has 224 valence electrons. The van der Waals surface area contributed by atoms with E-state index in [0.717, 1.165) is 4.90 Å². The van der Waals surface area contributed by atoms with Crippen LogP contribution in [0.3, 0.4) is 0 Å². The zero-order chi connectivity index (χ0) is 29.9. The van der Waals surface area contributed by atoms with Crippen LogP contribution in [0.25, 0.3) is 0 Å². The lowest BCUT2D eigenvalue weighted by atomic mass is 9.77. The number of carbonyl (C=O) groups excluding carboxylic acids is 3. The van der Waals surface area contributed by atoms with Crippen LogP contribution in [0.1, 0.15) is 65.0 Å². The number of methoxy groups -OCH3 is 1. The van der Waals surface area contributed by atoms with E-state index in [1.54, 1.807) is 20.8 Å². The van der Waals surface area contributed by atoms with Crippen molar-refractivity contribution in [2.45, 2.75) is 88.9 Å². The number of pyridine rings is 1. The van der Waals surface area contributed by atoms with Gasteiger partial charge in [-0.15, -0.1) is 0 Å². The topological polar surface area (TPSA) is 122 Å². The maximum atomic E-state index is 14.4. The summed E-state index contributed by atoms with van der Waals surface area (Å²) in [5, 5.41) is 7.19. The zero-order valence-electron chi connectivity index (χ0n) is 23.2. The lowest BCUT2D eigenvalue weighted by Gasteiger charge is -2.35. The van der Waals surface area contributed by atoms with Crippen LogP contribution < -0.4 is 16.0 Å². The molecule has 4 amide bonds. The third-order valence-electron chi connectivity index (χ3n) is 6.95. The number of rotatable bonds is 8. The van der Waals surface area contributed by atoms with E-state index < -0.39 is 60.1 Å². The standard InChI is InChI=1S/C26H37F4N5O5/c1-24(2,3)40-23(38)34-20(15-6-9-25(4,27)10-7-15)21(36)33-19-12-16(8-11-31-19)17(14-39-5)35-13-18(26(28,29)30)32-22(35)37/h8,11-12,15,17-18,20H,6-7,9-10,13-14H2,1-5H3,(H,32,37)(H,34,38)(H,31,33,36)/t15?,17-,18+,20-,25?/m1/s1. The summed E-state index contributed by atoms with van der Waals surface area (Å²) in [5.41, 5.74) is -1.79. The molecule has 0 bridgehead atoms. The summed E-state index contributed by atoms with van der Waals surface area (Å²) in [4.78, 5) is 43.5. The second-order valence-corrected chi connectivity index (χ2v) is 11.5. The lowest BCUT2D eigenvalue weighted by Crippen LogP contribution is -2.51. The van der Waals surface area contributed by atoms with E-state index in [4.69, 9.17) is 9.47 Å². The largest absolute Gasteiger partial charge is 0.444 e. The van der Waals surface area contributed by atoms with Gasteiger partial charge in [0.15, 0.2) is 0 Å². The van der Waals surface area contributed by atoms with Gasteiger partial charge < -0.3 is 30.3 Å². The second kappa shape index (κ2) is 12.1. The lowest BCUT2D eigenvalue weighted by molar-refractivity contribution is -0.150. The third kappa shape index (κ3) is 8.42. The fourth-order valence-electron chi connectivity index (χ4n) is 4.87. The molecule has 1 aliphatic carbocycles. The first-order valence-electron chi connectivity index (χ1n) is 13.1. The van der Waals surface area contributed by atoms with E-state index in [1.165, 1.54) is 32.4 Å². The molecule has 3 N–H and O–H groups in total. The maximum absolute atomic E-state index is 14.4. The van der Waals surface area contributed by atoms with Crippen LogP contribution in [0, 0.1) is 5.92 Å². The van der Waals surface area contributed by atoms with Crippen LogP contribution in [0.5, 0.6) is 0 Å². The second-order valence-electron chi connectivity index (χ2n) is 11.5. The van der Waals surface area contributed by atoms with Crippen molar-refractivity contribution in [3.63, 3.8) is 0 Å². The van der Waals surface area contributed by atoms with Crippen molar-refractivity contribution in [3.05, 3.63) is 23.9 Å². The van der Waals surface area contributed by atoms with Crippen LogP contribution in [-0.4, -0.2) is 77.7 Å². The number of nitrogens with zero attached hydrogens (tertiary/aromatic N) is 2. The number of carbonyl (C=O) groups is 3. The van der Waals surface area contributed by atoms with E-state index in [0.29, 0.717) is 18.4 Å². The molecule has 3 atom stereocenters. The number of anilines is 1. The Kier molecular flexibility index (Phi) is 9.53. The molecule has 10 nitrogen and oxygen atoms in total. The fraction of sp³-hybridized carbons (Fsp3) is 0.692. The molecular formula is C26H37F4N5O5. The molecule has 3 rings (SSSR count). The zero-order valence-corrected chi connectivity index (χ0v) is 23.2. The molecular weight excluding hydrogens is 538 g/mol. The Morgan fingerprint density at radius 3 is 2.45 bits per heavy atom. The molecule has 0 unspecified atom stereocenters. The highest BCUT2D eigenvalue weighted by Crippen LogP contribution is 2.37. The average Bonchev–Trinajstić information content (AvgIpc) is 3.22. The van der Waals surface area contributed by atoms with Crippen LogP contribution in [-0.2, 0) is 14.3 Å². The smallest absolute Gasteiger partial charge is 0.410 e. The normalized spacial score (nSPS) is 25.1. The first-order chi connectivity index (χ1) is 18.5. The van der Waals surface area contributed by atoms with E-state index in [9.17, 15) is 31.9 Å². The number of nitrogens with one attached hydrogen (secondary N) is 3. The summed E-state index contributed by atoms with van der Waals surface area (Å²) >= 11 is 0. The van der Waals surface area contributed by atoms with Crippen LogP contribution in [0.15, 0.2) is 18.3 Å². The highest BCUT2D eigenvalue weighted by atomic mass is 19.4. The Hall–Kier alpha value is -3.16. The minimum atomic E-state index is -4.62. The SMILES string of the molecule is COC[C@H](c1ccnc(NC(=O)[C@H](NC(=O)OC(C)(C)C)C2CCC(C)(F)CC2)c1)N1C[C@@H](C(F)(F)F)NC1=O. The van der Waals surface area contributed by atoms with Gasteiger partial charge in [0.2, 0.25) is 5.91 Å². The van der Waals surface area contributed by atoms with E-state index in [2.05, 4.69) is 15.6 Å². The molecule has 1 aromatic rings. The number of halogens is 4. The molecule has 2 fully saturated rings. The molecule has 0 aromatic carbocycles. The minimum absolute atomic E-state index is 0.0534. The van der Waals surface area contributed by atoms with Gasteiger partial charge in [-0.1, -0.05) is 0 Å². The summed E-state index contributed by atoms with van der Waals surface area (Å²) in [6, 6.07) is -1.94. The number of alkyl carbamates (subject to hydrolysis) is 1. The summed E-state index contributed by atoms with van der Waals surface area (Å²) in [6.07, 6.45) is -2.92. The van der Waals surface area contributed by atoms with Crippen LogP contribution in [0.4, 0.5) is 33.0 Å². The first-order valence-corrected chi connectivity index (χ1v) is 13.1. The Balaban J connectivity index is 1.80. The number of amides is 4. The molecule has 1 aliphatic heterocycles. The minimum Gasteiger partial charge on any atom is -0.444 e. The van der Waals surface area contributed by atoms with Crippen LogP contribution >= 0.6 is 0 Å². The van der Waals surface area contributed by atoms with Gasteiger partial charge in [-0.3, -0.25) is 4.79 Å². The van der Waals surface area contributed by atoms with Crippen molar-refractivity contribution < 1.29 is 41.4 Å². The molecule has 2 aliphatic rings. The van der Waals surface area contributed by atoms with Gasteiger partial charge in [-0.05, 0) is 77.0 Å². The number of aromatic nitrogens is 1. The van der Waals surface area contributed by atoms with Crippen molar-refractivity contribution in [2.75, 3.05) is 25.6 Å². The van der Waals surface area contributed by atoms with Crippen LogP contribution in [0.2, 0.25) is 0 Å². The van der Waals surface area contributed by atoms with Crippen molar-refractivity contribution in [1.29, 1.82) is 0 Å². The number of ether oxygens (including phenoxy) is 2. The van der Waals surface area contributed by atoms with Gasteiger partial charge in [-0.25, -0.2) is 19.0 Å². The van der Waals surface area contributed by atoms with Gasteiger partial charge >= 0.3 is 18.3 Å². The highest BCUT2D eigenvalue weighted by molar-refractivity contribution is 5.96. The van der Waals surface area contributed by atoms with Gasteiger partial charge in [-0.2, -0.15) is 13.2 Å². The number of hydrogen-bond acceptors (Lipinski definition) is 6. The summed E-state index contributed by atoms with van der Waals surface area (Å²) in [6.45, 7) is 5.82. The van der Waals surface area contributed by atoms with Gasteiger partial charge in [0.05, 0.1) is 19.2 Å². The molecule has 0 radical (unpaired) electrons. The molecule has 40 heavy (non-hydrogen) atoms. The first kappa shape index (κ1) is 31.4. The van der Waals surface area contributed by atoms with E-state index >= 15 is 0 Å². The average molecular weight is 576 g/mol. The Morgan fingerprint density at radius 2 is 1.90 bits per heavy atom. The van der Waals surface area contributed by atoms with Crippen molar-refractivity contribution in [1.82, 2.24) is 20.5 Å². The quantitative estimate of drug-likeness (QED) is 0.393. The van der Waals surface area contributed by atoms with Gasteiger partial charge in [0, 0.05) is 13.3 Å². The molecule has 14 heteroatoms. The van der Waals surface area contributed by atoms with Gasteiger partial charge in [0.1, 0.15) is 29.2 Å². The number of urea groups is 1. The monoisotopic (exact) mass is 575 g/mol. The van der Waals surface area contributed by atoms with Gasteiger partial charge in [0.25, 0.3) is 0 Å². The summed E-state index contributed by atoms with van der Waals surface area (Å²) in [5.74, 6) is -0.923. The summed E-state index contributed by atoms with van der Waals surface area (Å²) in [7, 11) is 1.35. The maximum Gasteiger partial charge on any atom is 0.410 e. The highest BCUT2D eigenvalue weighted by Gasteiger charge is 2.48. The van der Waals surface area contributed by atoms with Crippen molar-refractivity contribution >= 4 is 23.8 Å². The number of hydrogen-bond donors (Lipinski definition) is 3. The fourth-order valence-corrected chi connectivity index (χ4v) is 4.87. The predicted octanol–water partition coefficient (Wildman–Crippen LogP) is 4.48. The Labute approximate surface area is 230 Å². The Morgan fingerprint density at radius 1 is 1.25 bits per heavy atom. The summed E-state index contributed by atoms with van der Waals surface area (Å²) < 4.78 is 64.6. The third-order valence-corrected chi connectivity index (χ3v) is 6.95.